The van der Waals surface area contributed by atoms with Crippen LogP contribution in [0.5, 0.6) is 0 Å². The highest BCUT2D eigenvalue weighted by Crippen LogP contribution is 2.45. The maximum atomic E-state index is 13.1. The summed E-state index contributed by atoms with van der Waals surface area (Å²) < 4.78 is 68.3. The van der Waals surface area contributed by atoms with Gasteiger partial charge < -0.3 is 33.8 Å². The van der Waals surface area contributed by atoms with Crippen LogP contribution < -0.4 is 0 Å². The highest BCUT2D eigenvalue weighted by Gasteiger charge is 2.30. The molecular formula is C73H142O17P2. The van der Waals surface area contributed by atoms with Gasteiger partial charge in [-0.3, -0.25) is 37.3 Å². The van der Waals surface area contributed by atoms with Gasteiger partial charge in [0.15, 0.2) is 12.2 Å². The fourth-order valence-corrected chi connectivity index (χ4v) is 12.7. The Morgan fingerprint density at radius 1 is 0.304 bits per heavy atom. The first kappa shape index (κ1) is 90.1. The van der Waals surface area contributed by atoms with E-state index in [2.05, 4.69) is 34.6 Å². The Morgan fingerprint density at radius 3 is 0.772 bits per heavy atom. The maximum absolute atomic E-state index is 13.1. The second-order valence-corrected chi connectivity index (χ2v) is 29.5. The van der Waals surface area contributed by atoms with E-state index in [4.69, 9.17) is 37.0 Å². The van der Waals surface area contributed by atoms with Gasteiger partial charge in [-0.1, -0.05) is 330 Å². The monoisotopic (exact) mass is 1350 g/mol. The Bertz CT molecular complexity index is 1770. The number of carbonyl (C=O) groups excluding carboxylic acids is 4. The van der Waals surface area contributed by atoms with Crippen LogP contribution in [0.25, 0.3) is 0 Å². The maximum Gasteiger partial charge on any atom is 0.472 e. The zero-order chi connectivity index (χ0) is 67.7. The molecule has 0 amide bonds. The van der Waals surface area contributed by atoms with E-state index in [-0.39, 0.29) is 25.7 Å². The summed E-state index contributed by atoms with van der Waals surface area (Å²) in [4.78, 5) is 72.6. The molecule has 0 aromatic rings. The van der Waals surface area contributed by atoms with Gasteiger partial charge >= 0.3 is 39.5 Å². The molecule has 0 heterocycles. The van der Waals surface area contributed by atoms with E-state index >= 15 is 0 Å². The predicted molar refractivity (Wildman–Crippen MR) is 372 cm³/mol. The molecule has 0 fully saturated rings. The summed E-state index contributed by atoms with van der Waals surface area (Å²) >= 11 is 0. The van der Waals surface area contributed by atoms with Crippen molar-refractivity contribution in [1.29, 1.82) is 0 Å². The molecule has 6 atom stereocenters. The molecule has 0 radical (unpaired) electrons. The number of phosphoric acid groups is 2. The van der Waals surface area contributed by atoms with Crippen LogP contribution in [0.4, 0.5) is 0 Å². The van der Waals surface area contributed by atoms with Crippen LogP contribution in [0, 0.1) is 5.92 Å². The van der Waals surface area contributed by atoms with Crippen molar-refractivity contribution < 1.29 is 80.2 Å². The number of hydrogen-bond donors (Lipinski definition) is 3. The van der Waals surface area contributed by atoms with Gasteiger partial charge in [-0.15, -0.1) is 0 Å². The average molecular weight is 1350 g/mol. The van der Waals surface area contributed by atoms with Crippen LogP contribution in [0.3, 0.4) is 0 Å². The molecule has 0 aromatic carbocycles. The van der Waals surface area contributed by atoms with Crippen LogP contribution in [0.1, 0.15) is 381 Å². The third-order valence-corrected chi connectivity index (χ3v) is 19.3. The van der Waals surface area contributed by atoms with Crippen molar-refractivity contribution in [2.75, 3.05) is 39.6 Å². The zero-order valence-electron chi connectivity index (χ0n) is 59.7. The van der Waals surface area contributed by atoms with Crippen LogP contribution in [-0.4, -0.2) is 96.7 Å². The quantitative estimate of drug-likeness (QED) is 0.0222. The van der Waals surface area contributed by atoms with Gasteiger partial charge in [0, 0.05) is 25.7 Å². The van der Waals surface area contributed by atoms with Crippen molar-refractivity contribution >= 4 is 39.5 Å². The summed E-state index contributed by atoms with van der Waals surface area (Å²) in [5.41, 5.74) is 0. The molecule has 0 aliphatic heterocycles. The second kappa shape index (κ2) is 66.3. The summed E-state index contributed by atoms with van der Waals surface area (Å²) in [5, 5.41) is 10.6. The molecule has 0 aromatic heterocycles. The van der Waals surface area contributed by atoms with E-state index in [0.29, 0.717) is 25.7 Å². The minimum absolute atomic E-state index is 0.108. The lowest BCUT2D eigenvalue weighted by atomic mass is 9.99. The number of ether oxygens (including phenoxy) is 4. The van der Waals surface area contributed by atoms with Crippen molar-refractivity contribution in [3.63, 3.8) is 0 Å². The van der Waals surface area contributed by atoms with Gasteiger partial charge in [0.05, 0.1) is 26.4 Å². The molecule has 19 heteroatoms. The third-order valence-electron chi connectivity index (χ3n) is 17.4. The Morgan fingerprint density at radius 2 is 0.522 bits per heavy atom. The third kappa shape index (κ3) is 65.4. The van der Waals surface area contributed by atoms with Crippen LogP contribution in [-0.2, 0) is 65.4 Å². The fourth-order valence-electron chi connectivity index (χ4n) is 11.1. The van der Waals surface area contributed by atoms with E-state index in [9.17, 15) is 43.2 Å². The first-order valence-corrected chi connectivity index (χ1v) is 41.2. The number of phosphoric ester groups is 2. The van der Waals surface area contributed by atoms with Gasteiger partial charge in [0.25, 0.3) is 0 Å². The van der Waals surface area contributed by atoms with Gasteiger partial charge in [0.2, 0.25) is 0 Å². The predicted octanol–water partition coefficient (Wildman–Crippen LogP) is 21.3. The molecule has 0 bridgehead atoms. The Labute approximate surface area is 562 Å². The van der Waals surface area contributed by atoms with E-state index < -0.39 is 97.5 Å². The summed E-state index contributed by atoms with van der Waals surface area (Å²) in [6.45, 7) is 7.29. The van der Waals surface area contributed by atoms with E-state index in [1.54, 1.807) is 0 Å². The van der Waals surface area contributed by atoms with Gasteiger partial charge in [0.1, 0.15) is 19.3 Å². The SMILES string of the molecule is CCCCCCCCCCCCCCCCC(=O)OC[C@H](COP(=O)(O)OC[C@@H](O)COP(=O)(O)OC[C@@H](COC(=O)CCCCCCCCC)OC(=O)CCCCCCCCCCCCCCC)OC(=O)CCCCCCCCCCCCCCCCC(C)CC. The number of esters is 4. The lowest BCUT2D eigenvalue weighted by Crippen LogP contribution is -2.30. The highest BCUT2D eigenvalue weighted by atomic mass is 31.2. The van der Waals surface area contributed by atoms with Crippen LogP contribution in [0.2, 0.25) is 0 Å². The van der Waals surface area contributed by atoms with Gasteiger partial charge in [-0.2, -0.15) is 0 Å². The second-order valence-electron chi connectivity index (χ2n) is 26.6. The molecule has 92 heavy (non-hydrogen) atoms. The van der Waals surface area contributed by atoms with Crippen molar-refractivity contribution in [2.24, 2.45) is 5.92 Å². The Hall–Kier alpha value is -1.94. The summed E-state index contributed by atoms with van der Waals surface area (Å²) in [6, 6.07) is 0. The summed E-state index contributed by atoms with van der Waals surface area (Å²) in [6.07, 6.45) is 54.0. The van der Waals surface area contributed by atoms with Crippen molar-refractivity contribution in [3.05, 3.63) is 0 Å². The van der Waals surface area contributed by atoms with Crippen molar-refractivity contribution in [1.82, 2.24) is 0 Å². The highest BCUT2D eigenvalue weighted by molar-refractivity contribution is 7.47. The first-order chi connectivity index (χ1) is 44.6. The smallest absolute Gasteiger partial charge is 0.462 e. The molecule has 0 saturated heterocycles. The number of hydrogen-bond acceptors (Lipinski definition) is 15. The molecule has 0 rings (SSSR count). The average Bonchev–Trinajstić information content (AvgIpc) is 1.54. The number of carbonyl (C=O) groups is 4. The number of aliphatic hydroxyl groups is 1. The van der Waals surface area contributed by atoms with Crippen LogP contribution in [0.15, 0.2) is 0 Å². The van der Waals surface area contributed by atoms with Gasteiger partial charge in [-0.05, 0) is 31.6 Å². The van der Waals surface area contributed by atoms with Crippen LogP contribution >= 0.6 is 15.6 Å². The largest absolute Gasteiger partial charge is 0.472 e. The van der Waals surface area contributed by atoms with E-state index in [1.165, 1.54) is 193 Å². The lowest BCUT2D eigenvalue weighted by molar-refractivity contribution is -0.161. The first-order valence-electron chi connectivity index (χ1n) is 38.2. The van der Waals surface area contributed by atoms with E-state index in [0.717, 1.165) is 109 Å². The molecule has 546 valence electrons. The lowest BCUT2D eigenvalue weighted by Gasteiger charge is -2.21. The molecular weight excluding hydrogens is 1210 g/mol. The topological polar surface area (TPSA) is 237 Å². The van der Waals surface area contributed by atoms with Gasteiger partial charge in [-0.25, -0.2) is 9.13 Å². The zero-order valence-corrected chi connectivity index (χ0v) is 61.5. The molecule has 0 spiro atoms. The molecule has 17 nitrogen and oxygen atoms in total. The molecule has 0 saturated carbocycles. The fraction of sp³-hybridized carbons (Fsp3) is 0.945. The van der Waals surface area contributed by atoms with E-state index in [1.807, 2.05) is 0 Å². The summed E-state index contributed by atoms with van der Waals surface area (Å²) in [7, 11) is -9.90. The minimum Gasteiger partial charge on any atom is -0.462 e. The van der Waals surface area contributed by atoms with Crippen molar-refractivity contribution in [3.8, 4) is 0 Å². The molecule has 0 aliphatic rings. The Kier molecular flexibility index (Phi) is 64.9. The number of aliphatic hydroxyl groups excluding tert-OH is 1. The molecule has 3 unspecified atom stereocenters. The Balaban J connectivity index is 5.20. The van der Waals surface area contributed by atoms with Crippen molar-refractivity contribution in [2.45, 2.75) is 400 Å². The number of unbranched alkanes of at least 4 members (excludes halogenated alkanes) is 44. The molecule has 0 aliphatic carbocycles. The standard InChI is InChI=1S/C73H142O17P2/c1-6-10-13-16-19-21-23-25-30-33-37-42-47-52-57-71(76)84-63-69(90-73(78)59-54-49-44-39-35-31-27-26-29-32-36-41-45-50-55-66(5)9-4)65-88-92(81,82)86-61-67(74)60-85-91(79,80)87-64-68(62-83-70(75)56-51-46-40-18-15-12-8-3)89-72(77)58-53-48-43-38-34-28-24-22-20-17-14-11-7-2/h66-69,74H,6-65H2,1-5H3,(H,79,80)(H,81,82)/t66?,67-,68+,69+/m0/s1. The summed E-state index contributed by atoms with van der Waals surface area (Å²) in [5.74, 6) is -1.27. The minimum atomic E-state index is -4.95. The molecule has 3 N–H and O–H groups in total. The number of rotatable bonds is 73. The normalized spacial score (nSPS) is 14.3.